The summed E-state index contributed by atoms with van der Waals surface area (Å²) in [5, 5.41) is 11.1. The van der Waals surface area contributed by atoms with Crippen molar-refractivity contribution in [2.45, 2.75) is 19.8 Å². The van der Waals surface area contributed by atoms with Crippen molar-refractivity contribution in [3.05, 3.63) is 0 Å². The number of thiocarbonyl (C=S) groups is 1. The highest BCUT2D eigenvalue weighted by Crippen LogP contribution is 1.96. The average molecular weight is 261 g/mol. The molecule has 7 heteroatoms. The van der Waals surface area contributed by atoms with Crippen molar-refractivity contribution >= 4 is 29.0 Å². The molecular formula is C10H19N3O3S. The summed E-state index contributed by atoms with van der Waals surface area (Å²) in [4.78, 5) is 24.5. The Kier molecular flexibility index (Phi) is 8.25. The van der Waals surface area contributed by atoms with Gasteiger partial charge >= 0.3 is 11.8 Å². The summed E-state index contributed by atoms with van der Waals surface area (Å²) in [7, 11) is 0. The van der Waals surface area contributed by atoms with Gasteiger partial charge in [0, 0.05) is 13.1 Å². The Hall–Kier alpha value is -1.21. The number of nitrogens with one attached hydrogen (secondary N) is 1. The Labute approximate surface area is 106 Å². The second-order valence-corrected chi connectivity index (χ2v) is 4.04. The molecule has 0 unspecified atom stereocenters. The monoisotopic (exact) mass is 261 g/mol. The molecule has 0 aliphatic rings. The molecule has 0 fully saturated rings. The van der Waals surface area contributed by atoms with Crippen LogP contribution < -0.4 is 11.1 Å². The third kappa shape index (κ3) is 6.85. The van der Waals surface area contributed by atoms with E-state index in [2.05, 4.69) is 17.5 Å². The number of amides is 2. The first kappa shape index (κ1) is 15.8. The number of nitrogens with zero attached hydrogens (tertiary/aromatic N) is 1. The minimum Gasteiger partial charge on any atom is -0.395 e. The lowest BCUT2D eigenvalue weighted by atomic mass is 10.3. The summed E-state index contributed by atoms with van der Waals surface area (Å²) in [5.41, 5.74) is 5.21. The molecule has 17 heavy (non-hydrogen) atoms. The van der Waals surface area contributed by atoms with Crippen LogP contribution in [0, 0.1) is 0 Å². The van der Waals surface area contributed by atoms with Crippen LogP contribution in [-0.2, 0) is 9.59 Å². The minimum atomic E-state index is -0.748. The molecule has 4 N–H and O–H groups in total. The molecule has 0 saturated carbocycles. The van der Waals surface area contributed by atoms with Crippen LogP contribution in [0.4, 0.5) is 0 Å². The molecule has 0 aliphatic carbocycles. The summed E-state index contributed by atoms with van der Waals surface area (Å²) in [6.07, 6.45) is 1.69. The van der Waals surface area contributed by atoms with Gasteiger partial charge in [0.05, 0.1) is 18.1 Å². The Balaban J connectivity index is 4.27. The highest BCUT2D eigenvalue weighted by atomic mass is 32.1. The van der Waals surface area contributed by atoms with E-state index in [9.17, 15) is 9.59 Å². The second-order valence-electron chi connectivity index (χ2n) is 3.52. The van der Waals surface area contributed by atoms with Gasteiger partial charge in [-0.2, -0.15) is 0 Å². The molecule has 0 saturated heterocycles. The maximum atomic E-state index is 11.7. The largest absolute Gasteiger partial charge is 0.395 e. The molecule has 0 aromatic rings. The van der Waals surface area contributed by atoms with Gasteiger partial charge in [-0.3, -0.25) is 9.59 Å². The minimum absolute atomic E-state index is 0.000644. The molecule has 0 radical (unpaired) electrons. The zero-order valence-electron chi connectivity index (χ0n) is 9.94. The van der Waals surface area contributed by atoms with Gasteiger partial charge < -0.3 is 21.1 Å². The van der Waals surface area contributed by atoms with Crippen LogP contribution in [0.3, 0.4) is 0 Å². The third-order valence-electron chi connectivity index (χ3n) is 2.06. The molecule has 0 bridgehead atoms. The molecular weight excluding hydrogens is 242 g/mol. The Morgan fingerprint density at radius 3 is 2.53 bits per heavy atom. The molecule has 98 valence electrons. The van der Waals surface area contributed by atoms with Crippen LogP contribution >= 0.6 is 12.2 Å². The highest BCUT2D eigenvalue weighted by Gasteiger charge is 2.20. The van der Waals surface area contributed by atoms with E-state index in [0.29, 0.717) is 6.54 Å². The molecule has 0 spiro atoms. The van der Waals surface area contributed by atoms with Gasteiger partial charge in [-0.25, -0.2) is 0 Å². The number of aliphatic hydroxyl groups is 1. The smallest absolute Gasteiger partial charge is 0.311 e. The van der Waals surface area contributed by atoms with Gasteiger partial charge in [0.1, 0.15) is 0 Å². The van der Waals surface area contributed by atoms with Crippen molar-refractivity contribution in [2.24, 2.45) is 5.73 Å². The lowest BCUT2D eigenvalue weighted by molar-refractivity contribution is -0.146. The van der Waals surface area contributed by atoms with Gasteiger partial charge in [0.2, 0.25) is 0 Å². The van der Waals surface area contributed by atoms with E-state index in [1.54, 1.807) is 0 Å². The molecule has 2 amide bonds. The molecule has 0 aromatic carbocycles. The van der Waals surface area contributed by atoms with Gasteiger partial charge in [-0.05, 0) is 6.42 Å². The summed E-state index contributed by atoms with van der Waals surface area (Å²) >= 11 is 4.59. The molecule has 6 nitrogen and oxygen atoms in total. The lowest BCUT2D eigenvalue weighted by Crippen LogP contribution is -2.46. The first-order valence-electron chi connectivity index (χ1n) is 5.49. The number of aliphatic hydroxyl groups excluding tert-OH is 1. The van der Waals surface area contributed by atoms with Gasteiger partial charge in [-0.1, -0.05) is 25.6 Å². The lowest BCUT2D eigenvalue weighted by Gasteiger charge is -2.20. The Morgan fingerprint density at radius 1 is 1.41 bits per heavy atom. The number of hydrogen-bond acceptors (Lipinski definition) is 4. The topological polar surface area (TPSA) is 95.7 Å². The fraction of sp³-hybridized carbons (Fsp3) is 0.700. The third-order valence-corrected chi connectivity index (χ3v) is 2.20. The van der Waals surface area contributed by atoms with Crippen molar-refractivity contribution < 1.29 is 14.7 Å². The number of rotatable bonds is 7. The maximum absolute atomic E-state index is 11.7. The van der Waals surface area contributed by atoms with E-state index in [-0.39, 0.29) is 24.7 Å². The highest BCUT2D eigenvalue weighted by molar-refractivity contribution is 7.80. The fourth-order valence-electron chi connectivity index (χ4n) is 1.17. The zero-order chi connectivity index (χ0) is 13.3. The van der Waals surface area contributed by atoms with Gasteiger partial charge in [0.25, 0.3) is 0 Å². The van der Waals surface area contributed by atoms with Crippen LogP contribution in [0.1, 0.15) is 19.8 Å². The van der Waals surface area contributed by atoms with Crippen LogP contribution in [0.2, 0.25) is 0 Å². The first-order chi connectivity index (χ1) is 8.02. The maximum Gasteiger partial charge on any atom is 0.311 e. The summed E-state index contributed by atoms with van der Waals surface area (Å²) in [6, 6.07) is 0. The quantitative estimate of drug-likeness (QED) is 0.404. The predicted octanol–water partition coefficient (Wildman–Crippen LogP) is -0.990. The number of carbonyl (C=O) groups is 2. The number of nitrogens with two attached hydrogens (primary N) is 1. The Bertz CT molecular complexity index is 284. The summed E-state index contributed by atoms with van der Waals surface area (Å²) < 4.78 is 0. The van der Waals surface area contributed by atoms with E-state index in [0.717, 1.165) is 12.8 Å². The van der Waals surface area contributed by atoms with Crippen molar-refractivity contribution in [2.75, 3.05) is 26.2 Å². The number of carbonyl (C=O) groups excluding carboxylic acids is 2. The van der Waals surface area contributed by atoms with Crippen molar-refractivity contribution in [1.82, 2.24) is 10.2 Å². The normalized spacial score (nSPS) is 9.76. The van der Waals surface area contributed by atoms with E-state index < -0.39 is 11.8 Å². The number of unbranched alkanes of at least 4 members (excludes halogenated alkanes) is 1. The molecule has 0 heterocycles. The second kappa shape index (κ2) is 8.89. The van der Waals surface area contributed by atoms with Gasteiger partial charge in [0.15, 0.2) is 0 Å². The van der Waals surface area contributed by atoms with Crippen LogP contribution in [0.25, 0.3) is 0 Å². The molecule has 0 rings (SSSR count). The van der Waals surface area contributed by atoms with Crippen molar-refractivity contribution in [3.8, 4) is 0 Å². The standard InChI is InChI=1S/C10H19N3O3S/c1-2-3-4-13(5-6-14)10(16)9(15)12-7-8(11)17/h14H,2-7H2,1H3,(H2,11,17)(H,12,15). The fourth-order valence-corrected chi connectivity index (χ4v) is 1.24. The summed E-state index contributed by atoms with van der Waals surface area (Å²) in [6.45, 7) is 2.42. The van der Waals surface area contributed by atoms with Crippen LogP contribution in [0.5, 0.6) is 0 Å². The van der Waals surface area contributed by atoms with Gasteiger partial charge in [-0.15, -0.1) is 0 Å². The zero-order valence-corrected chi connectivity index (χ0v) is 10.8. The molecule has 0 atom stereocenters. The molecule has 0 aliphatic heterocycles. The SMILES string of the molecule is CCCCN(CCO)C(=O)C(=O)NCC(N)=S. The predicted molar refractivity (Wildman–Crippen MR) is 68.4 cm³/mol. The summed E-state index contributed by atoms with van der Waals surface area (Å²) in [5.74, 6) is -1.41. The Morgan fingerprint density at radius 2 is 2.06 bits per heavy atom. The van der Waals surface area contributed by atoms with E-state index >= 15 is 0 Å². The molecule has 0 aromatic heterocycles. The number of hydrogen-bond donors (Lipinski definition) is 3. The van der Waals surface area contributed by atoms with E-state index in [1.807, 2.05) is 6.92 Å². The average Bonchev–Trinajstić information content (AvgIpc) is 2.30. The van der Waals surface area contributed by atoms with Crippen LogP contribution in [-0.4, -0.2) is 53.1 Å². The van der Waals surface area contributed by atoms with Crippen LogP contribution in [0.15, 0.2) is 0 Å². The van der Waals surface area contributed by atoms with E-state index in [1.165, 1.54) is 4.90 Å². The van der Waals surface area contributed by atoms with Crippen molar-refractivity contribution in [1.29, 1.82) is 0 Å². The van der Waals surface area contributed by atoms with Crippen molar-refractivity contribution in [3.63, 3.8) is 0 Å². The first-order valence-corrected chi connectivity index (χ1v) is 5.90. The van der Waals surface area contributed by atoms with E-state index in [4.69, 9.17) is 10.8 Å².